The molecule has 2 N–H and O–H groups in total. The lowest BCUT2D eigenvalue weighted by molar-refractivity contribution is -0.137. The molecule has 1 aliphatic rings. The minimum atomic E-state index is -1.07. The van der Waals surface area contributed by atoms with E-state index in [1.54, 1.807) is 0 Å². The van der Waals surface area contributed by atoms with Gasteiger partial charge >= 0.3 is 12.0 Å². The highest BCUT2D eigenvalue weighted by Crippen LogP contribution is 2.50. The summed E-state index contributed by atoms with van der Waals surface area (Å²) < 4.78 is 0. The molecule has 1 rings (SSSR count). The fourth-order valence-corrected chi connectivity index (χ4v) is 1.72. The Morgan fingerprint density at radius 2 is 2.18 bits per heavy atom. The van der Waals surface area contributed by atoms with Crippen LogP contribution in [0.4, 0.5) is 4.79 Å². The largest absolute Gasteiger partial charge is 0.480 e. The Kier molecular flexibility index (Phi) is 4.00. The summed E-state index contributed by atoms with van der Waals surface area (Å²) in [4.78, 5) is 23.3. The van der Waals surface area contributed by atoms with Crippen molar-refractivity contribution in [3.8, 4) is 12.3 Å². The molecule has 1 unspecified atom stereocenters. The van der Waals surface area contributed by atoms with Crippen molar-refractivity contribution in [2.24, 2.45) is 11.3 Å². The van der Waals surface area contributed by atoms with Crippen LogP contribution >= 0.6 is 0 Å². The van der Waals surface area contributed by atoms with Gasteiger partial charge in [-0.25, -0.2) is 4.79 Å². The highest BCUT2D eigenvalue weighted by Gasteiger charge is 2.45. The molecule has 0 heterocycles. The van der Waals surface area contributed by atoms with Crippen LogP contribution in [-0.4, -0.2) is 41.6 Å². The van der Waals surface area contributed by atoms with Crippen molar-refractivity contribution in [2.45, 2.75) is 20.3 Å². The van der Waals surface area contributed by atoms with Gasteiger partial charge in [-0.2, -0.15) is 0 Å². The topological polar surface area (TPSA) is 69.6 Å². The molecule has 5 heteroatoms. The summed E-state index contributed by atoms with van der Waals surface area (Å²) in [5, 5.41) is 11.4. The number of rotatable bonds is 5. The molecule has 1 aliphatic carbocycles. The Balaban J connectivity index is 2.38. The van der Waals surface area contributed by atoms with Gasteiger partial charge in [0, 0.05) is 6.54 Å². The maximum absolute atomic E-state index is 11.7. The van der Waals surface area contributed by atoms with Gasteiger partial charge in [-0.1, -0.05) is 19.8 Å². The van der Waals surface area contributed by atoms with Crippen LogP contribution in [-0.2, 0) is 4.79 Å². The first-order valence-corrected chi connectivity index (χ1v) is 5.55. The van der Waals surface area contributed by atoms with Gasteiger partial charge in [-0.3, -0.25) is 4.79 Å². The number of hydrogen-bond acceptors (Lipinski definition) is 2. The maximum atomic E-state index is 11.7. The van der Waals surface area contributed by atoms with Crippen LogP contribution in [0.2, 0.25) is 0 Å². The number of nitrogens with one attached hydrogen (secondary N) is 1. The number of carbonyl (C=O) groups excluding carboxylic acids is 1. The van der Waals surface area contributed by atoms with E-state index in [0.29, 0.717) is 12.5 Å². The van der Waals surface area contributed by atoms with Crippen molar-refractivity contribution in [1.82, 2.24) is 10.2 Å². The standard InChI is InChI=1S/C12H18N2O3/c1-4-5-14(8-10(15)16)11(17)13-7-9-6-12(9,2)3/h1,9H,5-8H2,2-3H3,(H,13,17)(H,15,16). The molecule has 17 heavy (non-hydrogen) atoms. The molecule has 5 nitrogen and oxygen atoms in total. The molecular weight excluding hydrogens is 220 g/mol. The summed E-state index contributed by atoms with van der Waals surface area (Å²) in [5.74, 6) is 1.68. The molecule has 1 atom stereocenters. The second kappa shape index (κ2) is 5.09. The van der Waals surface area contributed by atoms with Crippen molar-refractivity contribution >= 4 is 12.0 Å². The first-order chi connectivity index (χ1) is 7.86. The Labute approximate surface area is 101 Å². The predicted octanol–water partition coefficient (Wildman–Crippen LogP) is 0.762. The number of nitrogens with zero attached hydrogens (tertiary/aromatic N) is 1. The first kappa shape index (κ1) is 13.4. The van der Waals surface area contributed by atoms with Gasteiger partial charge in [0.05, 0.1) is 6.54 Å². The molecule has 0 spiro atoms. The number of carboxylic acids is 1. The third-order valence-corrected chi connectivity index (χ3v) is 3.11. The lowest BCUT2D eigenvalue weighted by Crippen LogP contribution is -2.43. The zero-order valence-corrected chi connectivity index (χ0v) is 10.2. The van der Waals surface area contributed by atoms with E-state index in [4.69, 9.17) is 11.5 Å². The number of aliphatic carboxylic acids is 1. The summed E-state index contributed by atoms with van der Waals surface area (Å²) >= 11 is 0. The minimum Gasteiger partial charge on any atom is -0.480 e. The van der Waals surface area contributed by atoms with Crippen molar-refractivity contribution in [2.75, 3.05) is 19.6 Å². The Bertz CT molecular complexity index is 357. The van der Waals surface area contributed by atoms with Crippen LogP contribution in [0.1, 0.15) is 20.3 Å². The van der Waals surface area contributed by atoms with Crippen molar-refractivity contribution in [1.29, 1.82) is 0 Å². The summed E-state index contributed by atoms with van der Waals surface area (Å²) in [5.41, 5.74) is 0.289. The third kappa shape index (κ3) is 3.99. The molecule has 0 aromatic heterocycles. The number of amides is 2. The smallest absolute Gasteiger partial charge is 0.323 e. The molecule has 0 bridgehead atoms. The predicted molar refractivity (Wildman–Crippen MR) is 63.3 cm³/mol. The summed E-state index contributed by atoms with van der Waals surface area (Å²) in [6.07, 6.45) is 6.17. The van der Waals surface area contributed by atoms with Gasteiger partial charge in [0.15, 0.2) is 0 Å². The second-order valence-electron chi connectivity index (χ2n) is 5.03. The van der Waals surface area contributed by atoms with Crippen LogP contribution in [0.3, 0.4) is 0 Å². The summed E-state index contributed by atoms with van der Waals surface area (Å²) in [6.45, 7) is 4.49. The highest BCUT2D eigenvalue weighted by molar-refractivity contribution is 5.80. The molecule has 0 aliphatic heterocycles. The zero-order valence-electron chi connectivity index (χ0n) is 10.2. The number of terminal acetylenes is 1. The third-order valence-electron chi connectivity index (χ3n) is 3.11. The zero-order chi connectivity index (χ0) is 13.1. The molecule has 1 fully saturated rings. The normalized spacial score (nSPS) is 20.2. The fourth-order valence-electron chi connectivity index (χ4n) is 1.72. The lowest BCUT2D eigenvalue weighted by atomic mass is 10.1. The number of carboxylic acid groups (broad SMARTS) is 1. The minimum absolute atomic E-state index is 0.00614. The van der Waals surface area contributed by atoms with Gasteiger partial charge in [0.2, 0.25) is 0 Å². The van der Waals surface area contributed by atoms with Crippen LogP contribution in [0.25, 0.3) is 0 Å². The lowest BCUT2D eigenvalue weighted by Gasteiger charge is -2.18. The van der Waals surface area contributed by atoms with E-state index in [2.05, 4.69) is 25.1 Å². The SMILES string of the molecule is C#CCN(CC(=O)O)C(=O)NCC1CC1(C)C. The molecule has 94 valence electrons. The van der Waals surface area contributed by atoms with E-state index in [1.807, 2.05) is 0 Å². The van der Waals surface area contributed by atoms with Crippen LogP contribution in [0.5, 0.6) is 0 Å². The van der Waals surface area contributed by atoms with E-state index in [-0.39, 0.29) is 18.5 Å². The Morgan fingerprint density at radius 1 is 1.59 bits per heavy atom. The van der Waals surface area contributed by atoms with Gasteiger partial charge < -0.3 is 15.3 Å². The van der Waals surface area contributed by atoms with Gasteiger partial charge in [0.1, 0.15) is 6.54 Å². The van der Waals surface area contributed by atoms with Crippen molar-refractivity contribution in [3.63, 3.8) is 0 Å². The molecule has 1 saturated carbocycles. The van der Waals surface area contributed by atoms with Gasteiger partial charge in [-0.15, -0.1) is 6.42 Å². The average Bonchev–Trinajstić information content (AvgIpc) is 2.82. The van der Waals surface area contributed by atoms with Crippen molar-refractivity contribution < 1.29 is 14.7 Å². The van der Waals surface area contributed by atoms with E-state index in [9.17, 15) is 9.59 Å². The Hall–Kier alpha value is -1.70. The quantitative estimate of drug-likeness (QED) is 0.695. The van der Waals surface area contributed by atoms with Crippen LogP contribution < -0.4 is 5.32 Å². The molecule has 0 aromatic carbocycles. The van der Waals surface area contributed by atoms with Gasteiger partial charge in [0.25, 0.3) is 0 Å². The van der Waals surface area contributed by atoms with E-state index in [0.717, 1.165) is 11.3 Å². The number of urea groups is 1. The van der Waals surface area contributed by atoms with E-state index < -0.39 is 12.0 Å². The second-order valence-corrected chi connectivity index (χ2v) is 5.03. The van der Waals surface area contributed by atoms with Crippen molar-refractivity contribution in [3.05, 3.63) is 0 Å². The van der Waals surface area contributed by atoms with E-state index >= 15 is 0 Å². The van der Waals surface area contributed by atoms with E-state index in [1.165, 1.54) is 0 Å². The maximum Gasteiger partial charge on any atom is 0.323 e. The number of hydrogen-bond donors (Lipinski definition) is 2. The molecule has 0 radical (unpaired) electrons. The van der Waals surface area contributed by atoms with Crippen LogP contribution in [0.15, 0.2) is 0 Å². The Morgan fingerprint density at radius 3 is 2.59 bits per heavy atom. The summed E-state index contributed by atoms with van der Waals surface area (Å²) in [6, 6.07) is -0.409. The molecule has 0 saturated heterocycles. The first-order valence-electron chi connectivity index (χ1n) is 5.55. The van der Waals surface area contributed by atoms with Gasteiger partial charge in [-0.05, 0) is 17.8 Å². The average molecular weight is 238 g/mol. The molecule has 2 amide bonds. The molecular formula is C12H18N2O3. The van der Waals surface area contributed by atoms with Crippen LogP contribution in [0, 0.1) is 23.7 Å². The number of carbonyl (C=O) groups is 2. The fraction of sp³-hybridized carbons (Fsp3) is 0.667. The molecule has 0 aromatic rings. The summed E-state index contributed by atoms with van der Waals surface area (Å²) in [7, 11) is 0. The highest BCUT2D eigenvalue weighted by atomic mass is 16.4. The monoisotopic (exact) mass is 238 g/mol.